The molecule has 0 amide bonds. The smallest absolute Gasteiger partial charge is 0.417 e. The molecule has 0 aromatic carbocycles. The predicted octanol–water partition coefficient (Wildman–Crippen LogP) is 5.59. The largest absolute Gasteiger partial charge is 0.473 e. The van der Waals surface area contributed by atoms with Crippen molar-refractivity contribution in [2.45, 2.75) is 83.7 Å². The summed E-state index contributed by atoms with van der Waals surface area (Å²) < 4.78 is 20.4. The predicted molar refractivity (Wildman–Crippen MR) is 106 cm³/mol. The quantitative estimate of drug-likeness (QED) is 0.428. The fourth-order valence-electron chi connectivity index (χ4n) is 2.71. The van der Waals surface area contributed by atoms with Crippen LogP contribution in [0.1, 0.15) is 19.3 Å². The molecule has 7 heteroatoms. The minimum absolute atomic E-state index is 0.433. The molecular formula is C15H36O3Si4. The zero-order valence-electron chi connectivity index (χ0n) is 16.1. The Balaban J connectivity index is 3.23. The Morgan fingerprint density at radius 1 is 0.682 bits per heavy atom. The second kappa shape index (κ2) is 7.16. The lowest BCUT2D eigenvalue weighted by Gasteiger charge is -2.47. The summed E-state index contributed by atoms with van der Waals surface area (Å²) in [5.74, 6) is 0. The van der Waals surface area contributed by atoms with Crippen molar-refractivity contribution in [1.29, 1.82) is 0 Å². The van der Waals surface area contributed by atoms with Gasteiger partial charge in [-0.2, -0.15) is 0 Å². The Hall–Kier alpha value is 0.488. The van der Waals surface area contributed by atoms with Crippen LogP contribution in [0.2, 0.25) is 64.5 Å². The van der Waals surface area contributed by atoms with E-state index in [0.717, 1.165) is 19.3 Å². The molecule has 0 saturated heterocycles. The average Bonchev–Trinajstić information content (AvgIpc) is 2.22. The molecule has 0 bridgehead atoms. The van der Waals surface area contributed by atoms with Gasteiger partial charge in [-0.25, -0.2) is 0 Å². The van der Waals surface area contributed by atoms with Gasteiger partial charge in [0.05, 0.1) is 0 Å². The van der Waals surface area contributed by atoms with E-state index in [1.165, 1.54) is 0 Å². The lowest BCUT2D eigenvalue weighted by molar-refractivity contribution is 0.230. The van der Waals surface area contributed by atoms with Crippen molar-refractivity contribution in [3.05, 3.63) is 12.2 Å². The highest BCUT2D eigenvalue weighted by Crippen LogP contribution is 2.41. The molecule has 1 aliphatic rings. The maximum absolute atomic E-state index is 6.79. The Labute approximate surface area is 142 Å². The normalized spacial score (nSPS) is 21.2. The van der Waals surface area contributed by atoms with Crippen molar-refractivity contribution in [2.24, 2.45) is 0 Å². The van der Waals surface area contributed by atoms with Gasteiger partial charge in [-0.15, -0.1) is 0 Å². The molecule has 0 aliphatic heterocycles. The Bertz CT molecular complexity index is 350. The maximum atomic E-state index is 6.79. The summed E-state index contributed by atoms with van der Waals surface area (Å²) in [5.41, 5.74) is 0.433. The van der Waals surface area contributed by atoms with E-state index in [9.17, 15) is 0 Å². The van der Waals surface area contributed by atoms with Crippen molar-refractivity contribution in [3.8, 4) is 0 Å². The Morgan fingerprint density at radius 3 is 1.36 bits per heavy atom. The fraction of sp³-hybridized carbons (Fsp3) is 0.867. The summed E-state index contributed by atoms with van der Waals surface area (Å²) in [6.45, 7) is 20.3. The van der Waals surface area contributed by atoms with Crippen molar-refractivity contribution in [2.75, 3.05) is 0 Å². The van der Waals surface area contributed by atoms with Gasteiger partial charge in [0, 0.05) is 5.54 Å². The molecule has 0 aromatic rings. The van der Waals surface area contributed by atoms with Crippen LogP contribution < -0.4 is 0 Å². The van der Waals surface area contributed by atoms with Crippen LogP contribution in [0.5, 0.6) is 0 Å². The van der Waals surface area contributed by atoms with Gasteiger partial charge in [-0.05, 0) is 78.2 Å². The van der Waals surface area contributed by atoms with E-state index >= 15 is 0 Å². The molecule has 0 spiro atoms. The number of rotatable bonds is 7. The van der Waals surface area contributed by atoms with Gasteiger partial charge in [0.1, 0.15) is 0 Å². The summed E-state index contributed by atoms with van der Waals surface area (Å²) in [6, 6.07) is 0. The molecule has 22 heavy (non-hydrogen) atoms. The molecule has 1 unspecified atom stereocenters. The number of hydrogen-bond donors (Lipinski definition) is 0. The summed E-state index contributed by atoms with van der Waals surface area (Å²) in [4.78, 5) is 0. The number of hydrogen-bond acceptors (Lipinski definition) is 3. The molecule has 0 radical (unpaired) electrons. The Morgan fingerprint density at radius 2 is 1.09 bits per heavy atom. The highest BCUT2D eigenvalue weighted by molar-refractivity contribution is 6.90. The second-order valence-electron chi connectivity index (χ2n) is 9.23. The van der Waals surface area contributed by atoms with Gasteiger partial charge in [-0.1, -0.05) is 12.2 Å². The van der Waals surface area contributed by atoms with E-state index in [0.29, 0.717) is 5.54 Å². The number of allylic oxidation sites excluding steroid dienone is 2. The van der Waals surface area contributed by atoms with Crippen LogP contribution in [-0.4, -0.2) is 33.8 Å². The molecule has 3 nitrogen and oxygen atoms in total. The van der Waals surface area contributed by atoms with Gasteiger partial charge in [0.2, 0.25) is 0 Å². The van der Waals surface area contributed by atoms with Crippen molar-refractivity contribution < 1.29 is 12.3 Å². The molecule has 130 valence electrons. The minimum Gasteiger partial charge on any atom is -0.417 e. The maximum Gasteiger partial charge on any atom is 0.473 e. The Kier molecular flexibility index (Phi) is 6.68. The second-order valence-corrected chi connectivity index (χ2v) is 26.4. The van der Waals surface area contributed by atoms with Crippen LogP contribution in [0.4, 0.5) is 0 Å². The first-order valence-corrected chi connectivity index (χ1v) is 20.5. The van der Waals surface area contributed by atoms with Crippen LogP contribution in [0.25, 0.3) is 0 Å². The summed E-state index contributed by atoms with van der Waals surface area (Å²) in [7, 11) is -7.90. The molecular weight excluding hydrogens is 341 g/mol. The molecule has 0 saturated carbocycles. The highest BCUT2D eigenvalue weighted by Gasteiger charge is 2.55. The third-order valence-corrected chi connectivity index (χ3v) is 15.4. The van der Waals surface area contributed by atoms with E-state index in [-0.39, 0.29) is 0 Å². The van der Waals surface area contributed by atoms with Crippen molar-refractivity contribution in [1.82, 2.24) is 0 Å². The topological polar surface area (TPSA) is 27.7 Å². The summed E-state index contributed by atoms with van der Waals surface area (Å²) in [5, 5.41) is 0. The first-order chi connectivity index (χ1) is 9.73. The molecule has 0 aromatic heterocycles. The molecule has 0 N–H and O–H groups in total. The van der Waals surface area contributed by atoms with E-state index < -0.39 is 33.8 Å². The summed E-state index contributed by atoms with van der Waals surface area (Å²) in [6.07, 6.45) is 7.89. The zero-order chi connectivity index (χ0) is 17.2. The molecule has 1 aliphatic carbocycles. The molecule has 1 rings (SSSR count). The lowest BCUT2D eigenvalue weighted by Crippen LogP contribution is -2.63. The van der Waals surface area contributed by atoms with Crippen LogP contribution in [0, 0.1) is 0 Å². The average molecular weight is 377 g/mol. The lowest BCUT2D eigenvalue weighted by atomic mass is 10.1. The third-order valence-electron chi connectivity index (χ3n) is 3.11. The van der Waals surface area contributed by atoms with Gasteiger partial charge < -0.3 is 12.3 Å². The molecule has 0 heterocycles. The summed E-state index contributed by atoms with van der Waals surface area (Å²) >= 11 is 0. The molecule has 1 atom stereocenters. The van der Waals surface area contributed by atoms with Crippen molar-refractivity contribution in [3.63, 3.8) is 0 Å². The van der Waals surface area contributed by atoms with Crippen molar-refractivity contribution >= 4 is 33.8 Å². The monoisotopic (exact) mass is 376 g/mol. The van der Waals surface area contributed by atoms with Gasteiger partial charge in [0.15, 0.2) is 25.0 Å². The standard InChI is InChI=1S/C15H36O3Si4/c1-19(2,3)16-22(17-20(4,5)6,18-21(7,8)9)15-13-11-10-12-14-15/h10-11,15H,12-14H2,1-9H3. The highest BCUT2D eigenvalue weighted by atomic mass is 28.5. The van der Waals surface area contributed by atoms with Gasteiger partial charge in [-0.3, -0.25) is 0 Å². The minimum atomic E-state index is -2.67. The first kappa shape index (κ1) is 20.5. The van der Waals surface area contributed by atoms with Crippen LogP contribution in [0.3, 0.4) is 0 Å². The van der Waals surface area contributed by atoms with E-state index in [1.54, 1.807) is 0 Å². The van der Waals surface area contributed by atoms with E-state index in [4.69, 9.17) is 12.3 Å². The third kappa shape index (κ3) is 7.37. The van der Waals surface area contributed by atoms with E-state index in [1.807, 2.05) is 0 Å². The molecule has 0 fully saturated rings. The van der Waals surface area contributed by atoms with Gasteiger partial charge >= 0.3 is 8.80 Å². The first-order valence-electron chi connectivity index (χ1n) is 8.48. The fourth-order valence-corrected chi connectivity index (χ4v) is 17.5. The van der Waals surface area contributed by atoms with Crippen LogP contribution in [-0.2, 0) is 12.3 Å². The van der Waals surface area contributed by atoms with E-state index in [2.05, 4.69) is 71.1 Å². The zero-order valence-corrected chi connectivity index (χ0v) is 20.1. The SMILES string of the molecule is C[Si](C)(C)O[Si](O[Si](C)(C)C)(O[Si](C)(C)C)C1CC=CCC1. The van der Waals surface area contributed by atoms with Crippen LogP contribution in [0.15, 0.2) is 12.2 Å². The van der Waals surface area contributed by atoms with Crippen LogP contribution >= 0.6 is 0 Å². The van der Waals surface area contributed by atoms with Gasteiger partial charge in [0.25, 0.3) is 0 Å².